The maximum Gasteiger partial charge on any atom is 0.338 e. The molecule has 0 aliphatic heterocycles. The number of benzene rings is 1. The van der Waals surface area contributed by atoms with Crippen LogP contribution in [-0.4, -0.2) is 17.0 Å². The number of carbonyl (C=O) groups excluding carboxylic acids is 1. The van der Waals surface area contributed by atoms with E-state index in [0.717, 1.165) is 19.3 Å². The third kappa shape index (κ3) is 3.78. The maximum atomic E-state index is 11.9. The van der Waals surface area contributed by atoms with Crippen LogP contribution in [0.4, 0.5) is 5.69 Å². The van der Waals surface area contributed by atoms with Crippen molar-refractivity contribution in [3.05, 3.63) is 64.2 Å². The Hall–Kier alpha value is -2.43. The van der Waals surface area contributed by atoms with Gasteiger partial charge < -0.3 is 4.74 Å². The largest absolute Gasteiger partial charge is 0.455 e. The standard InChI is InChI=1S/C15H15NO4/c17-15(12-8-10-13(11-9-12)16(18)19)20-14-6-4-2-1-3-5-7-14/h1-2,4,6,8-11,14H,3,5,7H2/b2-1-,6-4-/t14-/m1/s1. The van der Waals surface area contributed by atoms with Crippen molar-refractivity contribution in [2.75, 3.05) is 0 Å². The van der Waals surface area contributed by atoms with Crippen molar-refractivity contribution in [1.82, 2.24) is 0 Å². The van der Waals surface area contributed by atoms with Gasteiger partial charge in [-0.25, -0.2) is 4.79 Å². The van der Waals surface area contributed by atoms with E-state index in [1.807, 2.05) is 18.2 Å². The average molecular weight is 273 g/mol. The number of ether oxygens (including phenoxy) is 1. The minimum atomic E-state index is -0.501. The number of carbonyl (C=O) groups is 1. The summed E-state index contributed by atoms with van der Waals surface area (Å²) in [6.45, 7) is 0. The van der Waals surface area contributed by atoms with Crippen LogP contribution in [0.1, 0.15) is 29.6 Å². The smallest absolute Gasteiger partial charge is 0.338 e. The molecule has 2 rings (SSSR count). The zero-order valence-corrected chi connectivity index (χ0v) is 10.9. The van der Waals surface area contributed by atoms with Crippen LogP contribution in [0.5, 0.6) is 0 Å². The molecule has 0 unspecified atom stereocenters. The van der Waals surface area contributed by atoms with Gasteiger partial charge in [0.15, 0.2) is 0 Å². The Morgan fingerprint density at radius 3 is 2.70 bits per heavy atom. The van der Waals surface area contributed by atoms with Gasteiger partial charge in [-0.2, -0.15) is 0 Å². The predicted molar refractivity (Wildman–Crippen MR) is 74.4 cm³/mol. The van der Waals surface area contributed by atoms with E-state index in [4.69, 9.17) is 4.74 Å². The van der Waals surface area contributed by atoms with Crippen molar-refractivity contribution in [3.8, 4) is 0 Å². The maximum absolute atomic E-state index is 11.9. The van der Waals surface area contributed by atoms with Gasteiger partial charge >= 0.3 is 5.97 Å². The molecule has 1 aromatic carbocycles. The average Bonchev–Trinajstić information content (AvgIpc) is 2.41. The summed E-state index contributed by atoms with van der Waals surface area (Å²) in [4.78, 5) is 22.0. The van der Waals surface area contributed by atoms with Crippen LogP contribution in [0.3, 0.4) is 0 Å². The molecule has 104 valence electrons. The fraction of sp³-hybridized carbons (Fsp3) is 0.267. The third-order valence-electron chi connectivity index (χ3n) is 3.00. The first-order valence-corrected chi connectivity index (χ1v) is 6.45. The van der Waals surface area contributed by atoms with E-state index in [9.17, 15) is 14.9 Å². The van der Waals surface area contributed by atoms with E-state index in [1.165, 1.54) is 24.3 Å². The fourth-order valence-corrected chi connectivity index (χ4v) is 1.92. The second-order valence-electron chi connectivity index (χ2n) is 4.49. The van der Waals surface area contributed by atoms with Crippen molar-refractivity contribution in [2.45, 2.75) is 25.4 Å². The number of nitro groups is 1. The molecule has 1 aliphatic rings. The van der Waals surface area contributed by atoms with Crippen molar-refractivity contribution in [3.63, 3.8) is 0 Å². The summed E-state index contributed by atoms with van der Waals surface area (Å²) in [6, 6.07) is 5.42. The van der Waals surface area contributed by atoms with Crippen molar-refractivity contribution in [2.24, 2.45) is 0 Å². The lowest BCUT2D eigenvalue weighted by Gasteiger charge is -2.14. The Balaban J connectivity index is 2.01. The molecule has 0 amide bonds. The van der Waals surface area contributed by atoms with E-state index < -0.39 is 10.9 Å². The van der Waals surface area contributed by atoms with Gasteiger partial charge in [-0.3, -0.25) is 10.1 Å². The monoisotopic (exact) mass is 273 g/mol. The van der Waals surface area contributed by atoms with Gasteiger partial charge in [0.05, 0.1) is 10.5 Å². The number of esters is 1. The van der Waals surface area contributed by atoms with Gasteiger partial charge in [0.2, 0.25) is 0 Å². The molecule has 0 radical (unpaired) electrons. The molecule has 1 aromatic rings. The summed E-state index contributed by atoms with van der Waals surface area (Å²) in [6.07, 6.45) is 10.2. The first-order valence-electron chi connectivity index (χ1n) is 6.45. The predicted octanol–water partition coefficient (Wildman–Crippen LogP) is 3.42. The summed E-state index contributed by atoms with van der Waals surface area (Å²) in [5.74, 6) is -0.459. The number of rotatable bonds is 3. The number of hydrogen-bond acceptors (Lipinski definition) is 4. The van der Waals surface area contributed by atoms with Gasteiger partial charge in [-0.1, -0.05) is 18.2 Å². The number of nitro benzene ring substituents is 1. The lowest BCUT2D eigenvalue weighted by atomic mass is 10.1. The summed E-state index contributed by atoms with van der Waals surface area (Å²) >= 11 is 0. The zero-order valence-electron chi connectivity index (χ0n) is 10.9. The van der Waals surface area contributed by atoms with Crippen LogP contribution in [0, 0.1) is 10.1 Å². The second kappa shape index (κ2) is 6.65. The molecule has 1 atom stereocenters. The molecular formula is C15H15NO4. The minimum absolute atomic E-state index is 0.0439. The SMILES string of the molecule is O=C(O[C@@H]1/C=C\C=C/CCC1)c1ccc([N+](=O)[O-])cc1. The third-order valence-corrected chi connectivity index (χ3v) is 3.00. The molecule has 20 heavy (non-hydrogen) atoms. The topological polar surface area (TPSA) is 69.4 Å². The summed E-state index contributed by atoms with van der Waals surface area (Å²) in [7, 11) is 0. The molecule has 0 spiro atoms. The van der Waals surface area contributed by atoms with E-state index in [-0.39, 0.29) is 11.8 Å². The molecule has 5 nitrogen and oxygen atoms in total. The summed E-state index contributed by atoms with van der Waals surface area (Å²) in [5, 5.41) is 10.5. The highest BCUT2D eigenvalue weighted by Crippen LogP contribution is 2.16. The van der Waals surface area contributed by atoms with Crippen molar-refractivity contribution in [1.29, 1.82) is 0 Å². The second-order valence-corrected chi connectivity index (χ2v) is 4.49. The highest BCUT2D eigenvalue weighted by atomic mass is 16.6. The van der Waals surface area contributed by atoms with Crippen LogP contribution in [0.2, 0.25) is 0 Å². The van der Waals surface area contributed by atoms with Gasteiger partial charge in [0, 0.05) is 12.1 Å². The van der Waals surface area contributed by atoms with Crippen LogP contribution < -0.4 is 0 Å². The van der Waals surface area contributed by atoms with Crippen LogP contribution >= 0.6 is 0 Å². The number of nitrogens with zero attached hydrogens (tertiary/aromatic N) is 1. The number of allylic oxidation sites excluding steroid dienone is 3. The first kappa shape index (κ1) is 14.0. The van der Waals surface area contributed by atoms with Crippen molar-refractivity contribution >= 4 is 11.7 Å². The first-order chi connectivity index (χ1) is 9.66. The minimum Gasteiger partial charge on any atom is -0.455 e. The van der Waals surface area contributed by atoms with Crippen LogP contribution in [0.15, 0.2) is 48.6 Å². The fourth-order valence-electron chi connectivity index (χ4n) is 1.92. The number of hydrogen-bond donors (Lipinski definition) is 0. The zero-order chi connectivity index (χ0) is 14.4. The molecule has 0 aromatic heterocycles. The molecule has 0 fully saturated rings. The Bertz CT molecular complexity index is 545. The van der Waals surface area contributed by atoms with Gasteiger partial charge in [0.1, 0.15) is 6.10 Å². The quantitative estimate of drug-likeness (QED) is 0.480. The highest BCUT2D eigenvalue weighted by Gasteiger charge is 2.15. The lowest BCUT2D eigenvalue weighted by Crippen LogP contribution is -2.16. The Morgan fingerprint density at radius 1 is 1.25 bits per heavy atom. The summed E-state index contributed by atoms with van der Waals surface area (Å²) < 4.78 is 5.38. The molecule has 5 heteroatoms. The van der Waals surface area contributed by atoms with Gasteiger partial charge in [0.25, 0.3) is 5.69 Å². The Morgan fingerprint density at radius 2 is 2.00 bits per heavy atom. The lowest BCUT2D eigenvalue weighted by molar-refractivity contribution is -0.384. The molecular weight excluding hydrogens is 258 g/mol. The van der Waals surface area contributed by atoms with Crippen LogP contribution in [0.25, 0.3) is 0 Å². The molecule has 0 saturated heterocycles. The van der Waals surface area contributed by atoms with E-state index >= 15 is 0 Å². The van der Waals surface area contributed by atoms with E-state index in [2.05, 4.69) is 6.08 Å². The van der Waals surface area contributed by atoms with Crippen LogP contribution in [-0.2, 0) is 4.74 Å². The van der Waals surface area contributed by atoms with E-state index in [0.29, 0.717) is 5.56 Å². The Kier molecular flexibility index (Phi) is 4.65. The van der Waals surface area contributed by atoms with Crippen molar-refractivity contribution < 1.29 is 14.5 Å². The normalized spacial score (nSPS) is 21.3. The Labute approximate surface area is 116 Å². The number of non-ortho nitro benzene ring substituents is 1. The molecule has 0 N–H and O–H groups in total. The molecule has 0 heterocycles. The molecule has 0 bridgehead atoms. The summed E-state index contributed by atoms with van der Waals surface area (Å²) in [5.41, 5.74) is 0.277. The highest BCUT2D eigenvalue weighted by molar-refractivity contribution is 5.89. The molecule has 1 aliphatic carbocycles. The molecule has 0 saturated carbocycles. The van der Waals surface area contributed by atoms with E-state index in [1.54, 1.807) is 0 Å². The van der Waals surface area contributed by atoms with Gasteiger partial charge in [-0.15, -0.1) is 0 Å². The van der Waals surface area contributed by atoms with Gasteiger partial charge in [-0.05, 0) is 37.5 Å².